The molecule has 0 heterocycles. The van der Waals surface area contributed by atoms with Crippen molar-refractivity contribution in [2.45, 2.75) is 51.4 Å². The molecule has 0 aromatic carbocycles. The molecule has 2 atom stereocenters. The lowest BCUT2D eigenvalue weighted by Gasteiger charge is -2.15. The Kier molecular flexibility index (Phi) is 6.19. The average molecular weight is 242 g/mol. The van der Waals surface area contributed by atoms with Crippen molar-refractivity contribution in [3.8, 4) is 0 Å². The van der Waals surface area contributed by atoms with Gasteiger partial charge in [0.2, 0.25) is 0 Å². The first kappa shape index (κ1) is 14.2. The fourth-order valence-electron chi connectivity index (χ4n) is 2.59. The van der Waals surface area contributed by atoms with Gasteiger partial charge in [0.1, 0.15) is 5.78 Å². The van der Waals surface area contributed by atoms with E-state index in [1.807, 2.05) is 0 Å². The Morgan fingerprint density at radius 3 is 2.59 bits per heavy atom. The number of unbranched alkanes of at least 4 members (excludes halogenated alkanes) is 3. The maximum Gasteiger partial charge on any atom is 0.303 e. The van der Waals surface area contributed by atoms with E-state index in [4.69, 9.17) is 10.2 Å². The molecule has 0 saturated heterocycles. The number of carbonyl (C=O) groups is 2. The van der Waals surface area contributed by atoms with Crippen LogP contribution in [0.25, 0.3) is 0 Å². The SMILES string of the molecule is O=C(O)CCCCCCC1C(=O)CCC1CO. The maximum absolute atomic E-state index is 11.6. The number of rotatable bonds is 8. The lowest BCUT2D eigenvalue weighted by Crippen LogP contribution is -2.17. The number of Topliss-reactive ketones (excluding diaryl/α,β-unsaturated/α-hetero) is 1. The van der Waals surface area contributed by atoms with Crippen molar-refractivity contribution in [2.75, 3.05) is 6.61 Å². The van der Waals surface area contributed by atoms with Gasteiger partial charge in [-0.05, 0) is 25.2 Å². The highest BCUT2D eigenvalue weighted by Gasteiger charge is 2.33. The van der Waals surface area contributed by atoms with Gasteiger partial charge in [-0.25, -0.2) is 0 Å². The molecule has 1 rings (SSSR count). The normalized spacial score (nSPS) is 24.2. The minimum absolute atomic E-state index is 0.0551. The van der Waals surface area contributed by atoms with E-state index in [0.717, 1.165) is 38.5 Å². The van der Waals surface area contributed by atoms with E-state index < -0.39 is 5.97 Å². The number of carboxylic acid groups (broad SMARTS) is 1. The predicted octanol–water partition coefficient (Wildman–Crippen LogP) is 2.00. The summed E-state index contributed by atoms with van der Waals surface area (Å²) in [7, 11) is 0. The lowest BCUT2D eigenvalue weighted by molar-refractivity contribution is -0.137. The Morgan fingerprint density at radius 2 is 1.94 bits per heavy atom. The number of hydrogen-bond donors (Lipinski definition) is 2. The van der Waals surface area contributed by atoms with Crippen LogP contribution in [0.3, 0.4) is 0 Å². The van der Waals surface area contributed by atoms with Crippen LogP contribution in [0.5, 0.6) is 0 Å². The number of carboxylic acids is 1. The van der Waals surface area contributed by atoms with Crippen molar-refractivity contribution >= 4 is 11.8 Å². The molecule has 1 saturated carbocycles. The van der Waals surface area contributed by atoms with Crippen LogP contribution < -0.4 is 0 Å². The zero-order chi connectivity index (χ0) is 12.7. The van der Waals surface area contributed by atoms with Crippen molar-refractivity contribution < 1.29 is 19.8 Å². The summed E-state index contributed by atoms with van der Waals surface area (Å²) in [5.41, 5.74) is 0. The summed E-state index contributed by atoms with van der Waals surface area (Å²) in [6, 6.07) is 0. The minimum atomic E-state index is -0.740. The third-order valence-corrected chi connectivity index (χ3v) is 3.63. The molecular weight excluding hydrogens is 220 g/mol. The largest absolute Gasteiger partial charge is 0.481 e. The first-order valence-electron chi connectivity index (χ1n) is 6.50. The second-order valence-corrected chi connectivity index (χ2v) is 4.90. The first-order chi connectivity index (χ1) is 8.15. The molecule has 0 amide bonds. The van der Waals surface area contributed by atoms with Crippen molar-refractivity contribution in [1.29, 1.82) is 0 Å². The van der Waals surface area contributed by atoms with E-state index in [9.17, 15) is 9.59 Å². The van der Waals surface area contributed by atoms with Gasteiger partial charge < -0.3 is 10.2 Å². The standard InChI is InChI=1S/C13H22O4/c14-9-10-7-8-12(15)11(10)5-3-1-2-4-6-13(16)17/h10-11,14H,1-9H2,(H,16,17). The Bertz CT molecular complexity index is 262. The molecule has 0 bridgehead atoms. The fourth-order valence-corrected chi connectivity index (χ4v) is 2.59. The minimum Gasteiger partial charge on any atom is -0.481 e. The number of aliphatic hydroxyl groups is 1. The van der Waals surface area contributed by atoms with Gasteiger partial charge in [-0.15, -0.1) is 0 Å². The number of hydrogen-bond acceptors (Lipinski definition) is 3. The van der Waals surface area contributed by atoms with Gasteiger partial charge >= 0.3 is 5.97 Å². The van der Waals surface area contributed by atoms with E-state index in [-0.39, 0.29) is 24.9 Å². The van der Waals surface area contributed by atoms with Crippen LogP contribution >= 0.6 is 0 Å². The van der Waals surface area contributed by atoms with E-state index in [2.05, 4.69) is 0 Å². The lowest BCUT2D eigenvalue weighted by atomic mass is 9.90. The second-order valence-electron chi connectivity index (χ2n) is 4.90. The number of carbonyl (C=O) groups excluding carboxylic acids is 1. The molecule has 0 radical (unpaired) electrons. The van der Waals surface area contributed by atoms with Gasteiger partial charge in [-0.3, -0.25) is 9.59 Å². The Labute approximate surface area is 102 Å². The van der Waals surface area contributed by atoms with Gasteiger partial charge in [-0.2, -0.15) is 0 Å². The zero-order valence-electron chi connectivity index (χ0n) is 10.2. The van der Waals surface area contributed by atoms with Crippen LogP contribution in [0, 0.1) is 11.8 Å². The van der Waals surface area contributed by atoms with E-state index in [1.165, 1.54) is 0 Å². The fraction of sp³-hybridized carbons (Fsp3) is 0.846. The summed E-state index contributed by atoms with van der Waals surface area (Å²) in [6.07, 6.45) is 6.13. The molecule has 4 heteroatoms. The number of aliphatic hydroxyl groups excluding tert-OH is 1. The predicted molar refractivity (Wildman–Crippen MR) is 63.6 cm³/mol. The highest BCUT2D eigenvalue weighted by atomic mass is 16.4. The van der Waals surface area contributed by atoms with Gasteiger partial charge in [0.15, 0.2) is 0 Å². The third-order valence-electron chi connectivity index (χ3n) is 3.63. The zero-order valence-corrected chi connectivity index (χ0v) is 10.2. The quantitative estimate of drug-likeness (QED) is 0.638. The highest BCUT2D eigenvalue weighted by Crippen LogP contribution is 2.32. The van der Waals surface area contributed by atoms with Crippen LogP contribution in [0.4, 0.5) is 0 Å². The van der Waals surface area contributed by atoms with Crippen molar-refractivity contribution in [3.63, 3.8) is 0 Å². The highest BCUT2D eigenvalue weighted by molar-refractivity contribution is 5.83. The van der Waals surface area contributed by atoms with Crippen molar-refractivity contribution in [2.24, 2.45) is 11.8 Å². The van der Waals surface area contributed by atoms with Gasteiger partial charge in [0, 0.05) is 25.4 Å². The molecule has 2 N–H and O–H groups in total. The van der Waals surface area contributed by atoms with Gasteiger partial charge in [-0.1, -0.05) is 19.3 Å². The summed E-state index contributed by atoms with van der Waals surface area (Å²) in [4.78, 5) is 21.9. The van der Waals surface area contributed by atoms with Gasteiger partial charge in [0.05, 0.1) is 0 Å². The third kappa shape index (κ3) is 4.86. The molecule has 0 spiro atoms. The molecule has 1 aliphatic carbocycles. The molecule has 1 aliphatic rings. The van der Waals surface area contributed by atoms with Crippen LogP contribution in [0.1, 0.15) is 51.4 Å². The molecule has 0 aliphatic heterocycles. The Balaban J connectivity index is 2.09. The topological polar surface area (TPSA) is 74.6 Å². The van der Waals surface area contributed by atoms with E-state index in [0.29, 0.717) is 12.2 Å². The smallest absolute Gasteiger partial charge is 0.303 e. The molecule has 0 aromatic rings. The molecule has 98 valence electrons. The molecule has 1 fully saturated rings. The molecule has 4 nitrogen and oxygen atoms in total. The summed E-state index contributed by atoms with van der Waals surface area (Å²) >= 11 is 0. The van der Waals surface area contributed by atoms with E-state index >= 15 is 0 Å². The molecule has 17 heavy (non-hydrogen) atoms. The van der Waals surface area contributed by atoms with Crippen molar-refractivity contribution in [3.05, 3.63) is 0 Å². The Morgan fingerprint density at radius 1 is 1.24 bits per heavy atom. The number of aliphatic carboxylic acids is 1. The molecule has 0 aromatic heterocycles. The van der Waals surface area contributed by atoms with E-state index in [1.54, 1.807) is 0 Å². The molecular formula is C13H22O4. The Hall–Kier alpha value is -0.900. The van der Waals surface area contributed by atoms with Crippen LogP contribution in [-0.2, 0) is 9.59 Å². The number of ketones is 1. The second kappa shape index (κ2) is 7.43. The summed E-state index contributed by atoms with van der Waals surface area (Å²) < 4.78 is 0. The van der Waals surface area contributed by atoms with Crippen LogP contribution in [0.2, 0.25) is 0 Å². The molecule has 2 unspecified atom stereocenters. The van der Waals surface area contributed by atoms with Crippen molar-refractivity contribution in [1.82, 2.24) is 0 Å². The van der Waals surface area contributed by atoms with Crippen LogP contribution in [-0.4, -0.2) is 28.6 Å². The summed E-state index contributed by atoms with van der Waals surface area (Å²) in [5, 5.41) is 17.6. The summed E-state index contributed by atoms with van der Waals surface area (Å²) in [5.74, 6) is -0.216. The van der Waals surface area contributed by atoms with Gasteiger partial charge in [0.25, 0.3) is 0 Å². The first-order valence-corrected chi connectivity index (χ1v) is 6.50. The monoisotopic (exact) mass is 242 g/mol. The average Bonchev–Trinajstić information content (AvgIpc) is 2.64. The van der Waals surface area contributed by atoms with Crippen LogP contribution in [0.15, 0.2) is 0 Å². The maximum atomic E-state index is 11.6. The summed E-state index contributed by atoms with van der Waals surface area (Å²) in [6.45, 7) is 0.120.